The summed E-state index contributed by atoms with van der Waals surface area (Å²) in [6.45, 7) is 6.30. The van der Waals surface area contributed by atoms with E-state index in [0.29, 0.717) is 0 Å². The first kappa shape index (κ1) is 29.2. The molecule has 0 bridgehead atoms. The molecule has 0 N–H and O–H groups in total. The van der Waals surface area contributed by atoms with E-state index in [9.17, 15) is 28.8 Å². The summed E-state index contributed by atoms with van der Waals surface area (Å²) in [5.74, 6) is -4.53. The van der Waals surface area contributed by atoms with Crippen LogP contribution in [0.2, 0.25) is 0 Å². The van der Waals surface area contributed by atoms with Gasteiger partial charge < -0.3 is 33.2 Å². The Bertz CT molecular complexity index is 1060. The third-order valence-electron chi connectivity index (χ3n) is 4.79. The molecule has 202 valence electrons. The van der Waals surface area contributed by atoms with Crippen LogP contribution in [0.4, 0.5) is 0 Å². The number of esters is 5. The Morgan fingerprint density at radius 3 is 1.76 bits per heavy atom. The van der Waals surface area contributed by atoms with Crippen LogP contribution in [0.15, 0.2) is 18.2 Å². The van der Waals surface area contributed by atoms with Gasteiger partial charge in [0.25, 0.3) is 0 Å². The van der Waals surface area contributed by atoms with Gasteiger partial charge in [0.05, 0.1) is 0 Å². The molecular weight excluding hydrogens is 496 g/mol. The minimum atomic E-state index is -1.56. The lowest BCUT2D eigenvalue weighted by Gasteiger charge is -2.44. The normalized spacial score (nSPS) is 22.7. The van der Waals surface area contributed by atoms with Crippen molar-refractivity contribution in [3.63, 3.8) is 0 Å². The van der Waals surface area contributed by atoms with Crippen LogP contribution < -0.4 is 9.47 Å². The van der Waals surface area contributed by atoms with E-state index in [-0.39, 0.29) is 17.1 Å². The zero-order chi connectivity index (χ0) is 27.9. The molecule has 0 unspecified atom stereocenters. The number of hydrogen-bond acceptors (Lipinski definition) is 13. The Morgan fingerprint density at radius 2 is 1.24 bits per heavy atom. The van der Waals surface area contributed by atoms with Crippen LogP contribution in [0.3, 0.4) is 0 Å². The highest BCUT2D eigenvalue weighted by Crippen LogP contribution is 2.35. The van der Waals surface area contributed by atoms with E-state index >= 15 is 0 Å². The summed E-state index contributed by atoms with van der Waals surface area (Å²) in [4.78, 5) is 71.1. The second-order valence-electron chi connectivity index (χ2n) is 7.96. The van der Waals surface area contributed by atoms with Crippen molar-refractivity contribution in [1.29, 1.82) is 0 Å². The number of hydrogen-bond donors (Lipinski definition) is 0. The highest BCUT2D eigenvalue weighted by Gasteiger charge is 2.53. The number of rotatable bonds is 9. The van der Waals surface area contributed by atoms with Crippen molar-refractivity contribution in [2.24, 2.45) is 0 Å². The monoisotopic (exact) mass is 524 g/mol. The average Bonchev–Trinajstić information content (AvgIpc) is 2.75. The fourth-order valence-electron chi connectivity index (χ4n) is 3.60. The molecule has 0 spiro atoms. The van der Waals surface area contributed by atoms with Crippen molar-refractivity contribution in [2.75, 3.05) is 6.61 Å². The number of Topliss-reactive ketones (excluding diaryl/α,β-unsaturated/α-hetero) is 1. The molecule has 13 nitrogen and oxygen atoms in total. The Kier molecular flexibility index (Phi) is 10.1. The van der Waals surface area contributed by atoms with Gasteiger partial charge in [-0.2, -0.15) is 0 Å². The van der Waals surface area contributed by atoms with Crippen molar-refractivity contribution in [3.8, 4) is 11.5 Å². The zero-order valence-electron chi connectivity index (χ0n) is 21.1. The number of benzene rings is 1. The summed E-state index contributed by atoms with van der Waals surface area (Å²) < 4.78 is 37.9. The van der Waals surface area contributed by atoms with Gasteiger partial charge in [-0.15, -0.1) is 0 Å². The molecule has 1 aliphatic heterocycles. The van der Waals surface area contributed by atoms with Gasteiger partial charge in [-0.05, 0) is 19.1 Å². The molecule has 1 saturated heterocycles. The summed E-state index contributed by atoms with van der Waals surface area (Å²) in [6, 6.07) is 4.18. The molecule has 13 heteroatoms. The van der Waals surface area contributed by atoms with E-state index in [0.717, 1.165) is 34.6 Å². The molecule has 1 fully saturated rings. The molecule has 0 amide bonds. The van der Waals surface area contributed by atoms with Gasteiger partial charge in [0.2, 0.25) is 12.4 Å². The maximum atomic E-state index is 12.4. The maximum Gasteiger partial charge on any atom is 0.308 e. The SMILES string of the molecule is CC(=O)OC[C@H]1O[C@@H](Oc2cccc(OC(C)=O)c2C(C)=O)[C@@H](OC(C)=O)[C@H](OC(C)=O)[C@H]1OC(C)=O. The Hall–Kier alpha value is -4.00. The van der Waals surface area contributed by atoms with E-state index < -0.39 is 72.9 Å². The molecule has 1 aromatic rings. The number of ether oxygens (including phenoxy) is 7. The fraction of sp³-hybridized carbons (Fsp3) is 0.500. The van der Waals surface area contributed by atoms with E-state index in [1.165, 1.54) is 25.1 Å². The van der Waals surface area contributed by atoms with Gasteiger partial charge in [0.1, 0.15) is 29.8 Å². The summed E-state index contributed by atoms with van der Waals surface area (Å²) in [7, 11) is 0. The molecule has 0 saturated carbocycles. The minimum absolute atomic E-state index is 0.0943. The molecule has 1 heterocycles. The number of carbonyl (C=O) groups excluding carboxylic acids is 6. The van der Waals surface area contributed by atoms with Crippen molar-refractivity contribution < 1.29 is 61.9 Å². The van der Waals surface area contributed by atoms with E-state index in [1.54, 1.807) is 0 Å². The minimum Gasteiger partial charge on any atom is -0.463 e. The molecule has 0 radical (unpaired) electrons. The zero-order valence-corrected chi connectivity index (χ0v) is 21.1. The highest BCUT2D eigenvalue weighted by atomic mass is 16.7. The maximum absolute atomic E-state index is 12.4. The molecule has 1 aromatic carbocycles. The number of carbonyl (C=O) groups is 6. The predicted molar refractivity (Wildman–Crippen MR) is 120 cm³/mol. The molecule has 1 aliphatic rings. The summed E-state index contributed by atoms with van der Waals surface area (Å²) in [5, 5.41) is 0. The summed E-state index contributed by atoms with van der Waals surface area (Å²) in [6.07, 6.45) is -7.14. The second-order valence-corrected chi connectivity index (χ2v) is 7.96. The average molecular weight is 524 g/mol. The summed E-state index contributed by atoms with van der Waals surface area (Å²) in [5.41, 5.74) is -0.120. The van der Waals surface area contributed by atoms with E-state index in [2.05, 4.69) is 0 Å². The van der Waals surface area contributed by atoms with Gasteiger partial charge in [-0.3, -0.25) is 28.8 Å². The first-order chi connectivity index (χ1) is 17.3. The quantitative estimate of drug-likeness (QED) is 0.196. The van der Waals surface area contributed by atoms with Crippen LogP contribution in [0.25, 0.3) is 0 Å². The van der Waals surface area contributed by atoms with Crippen LogP contribution in [0, 0.1) is 0 Å². The van der Waals surface area contributed by atoms with Gasteiger partial charge in [-0.1, -0.05) is 6.07 Å². The lowest BCUT2D eigenvalue weighted by molar-refractivity contribution is -0.288. The van der Waals surface area contributed by atoms with E-state index in [1.807, 2.05) is 0 Å². The lowest BCUT2D eigenvalue weighted by atomic mass is 9.98. The van der Waals surface area contributed by atoms with Crippen LogP contribution in [0.1, 0.15) is 51.9 Å². The van der Waals surface area contributed by atoms with Crippen molar-refractivity contribution >= 4 is 35.6 Å². The third-order valence-corrected chi connectivity index (χ3v) is 4.79. The van der Waals surface area contributed by atoms with Gasteiger partial charge >= 0.3 is 29.8 Å². The smallest absolute Gasteiger partial charge is 0.308 e. The Morgan fingerprint density at radius 1 is 0.703 bits per heavy atom. The molecule has 5 atom stereocenters. The molecule has 0 aliphatic carbocycles. The van der Waals surface area contributed by atoms with Gasteiger partial charge in [0, 0.05) is 34.6 Å². The van der Waals surface area contributed by atoms with Crippen LogP contribution in [-0.2, 0) is 47.7 Å². The fourth-order valence-corrected chi connectivity index (χ4v) is 3.60. The highest BCUT2D eigenvalue weighted by molar-refractivity contribution is 6.00. The predicted octanol–water partition coefficient (Wildman–Crippen LogP) is 1.28. The lowest BCUT2D eigenvalue weighted by Crippen LogP contribution is -2.63. The molecule has 37 heavy (non-hydrogen) atoms. The largest absolute Gasteiger partial charge is 0.463 e. The van der Waals surface area contributed by atoms with Gasteiger partial charge in [-0.25, -0.2) is 0 Å². The van der Waals surface area contributed by atoms with Crippen molar-refractivity contribution in [3.05, 3.63) is 23.8 Å². The van der Waals surface area contributed by atoms with Gasteiger partial charge in [0.15, 0.2) is 18.0 Å². The van der Waals surface area contributed by atoms with Crippen molar-refractivity contribution in [1.82, 2.24) is 0 Å². The molecule has 2 rings (SSSR count). The Labute approximate surface area is 212 Å². The topological polar surface area (TPSA) is 167 Å². The van der Waals surface area contributed by atoms with Crippen LogP contribution >= 0.6 is 0 Å². The van der Waals surface area contributed by atoms with Crippen LogP contribution in [-0.4, -0.2) is 72.9 Å². The third kappa shape index (κ3) is 8.27. The Balaban J connectivity index is 2.60. The molecule has 0 aromatic heterocycles. The molecular formula is C24H28O13. The first-order valence-electron chi connectivity index (χ1n) is 11.1. The summed E-state index contributed by atoms with van der Waals surface area (Å²) >= 11 is 0. The first-order valence-corrected chi connectivity index (χ1v) is 11.1. The van der Waals surface area contributed by atoms with Crippen LogP contribution in [0.5, 0.6) is 11.5 Å². The standard InChI is InChI=1S/C24H28O13/c1-11(25)20-17(32-13(3)27)8-7-9-18(20)36-24-23(35-16(6)30)22(34-15(5)29)21(33-14(4)28)19(37-24)10-31-12(2)26/h7-9,19,21-24H,10H2,1-6H3/t19-,21+,22-,23+,24-/m1/s1. The van der Waals surface area contributed by atoms with Crippen molar-refractivity contribution in [2.45, 2.75) is 72.2 Å². The number of ketones is 1. The van der Waals surface area contributed by atoms with E-state index in [4.69, 9.17) is 33.2 Å². The second kappa shape index (κ2) is 12.8.